The van der Waals surface area contributed by atoms with Crippen LogP contribution in [0.1, 0.15) is 46.7 Å². The van der Waals surface area contributed by atoms with E-state index in [-0.39, 0.29) is 5.41 Å². The van der Waals surface area contributed by atoms with E-state index in [9.17, 15) is 5.11 Å². The highest BCUT2D eigenvalue weighted by molar-refractivity contribution is 6.90. The van der Waals surface area contributed by atoms with Gasteiger partial charge in [0.25, 0.3) is 0 Å². The average molecular weight is 515 g/mol. The van der Waals surface area contributed by atoms with E-state index in [1.54, 1.807) is 0 Å². The average Bonchev–Trinajstić information content (AvgIpc) is 2.77. The van der Waals surface area contributed by atoms with E-state index in [0.29, 0.717) is 0 Å². The maximum atomic E-state index is 13.6. The van der Waals surface area contributed by atoms with Crippen molar-refractivity contribution in [2.45, 2.75) is 83.3 Å². The van der Waals surface area contributed by atoms with E-state index in [1.807, 2.05) is 0 Å². The van der Waals surface area contributed by atoms with Crippen molar-refractivity contribution in [3.63, 3.8) is 0 Å². The largest absolute Gasteiger partial charge is 0.376 e. The summed E-state index contributed by atoms with van der Waals surface area (Å²) in [6, 6.07) is 20.8. The molecular weight excluding hydrogens is 473 g/mol. The zero-order valence-electron chi connectivity index (χ0n) is 23.4. The van der Waals surface area contributed by atoms with Gasteiger partial charge in [-0.25, -0.2) is 0 Å². The molecule has 0 heterocycles. The summed E-state index contributed by atoms with van der Waals surface area (Å²) in [5.74, 6) is 0. The van der Waals surface area contributed by atoms with Crippen LogP contribution in [0, 0.1) is 0 Å². The van der Waals surface area contributed by atoms with E-state index in [0.717, 1.165) is 6.42 Å². The molecule has 0 saturated carbocycles. The van der Waals surface area contributed by atoms with Gasteiger partial charge in [-0.2, -0.15) is 0 Å². The van der Waals surface area contributed by atoms with Gasteiger partial charge < -0.3 is 5.11 Å². The number of aliphatic hydroxyl groups is 1. The summed E-state index contributed by atoms with van der Waals surface area (Å²) in [4.78, 5) is 0. The van der Waals surface area contributed by atoms with Crippen LogP contribution in [0.5, 0.6) is 0 Å². The molecule has 1 nitrogen and oxygen atoms in total. The Morgan fingerprint density at radius 3 is 1.06 bits per heavy atom. The molecule has 184 valence electrons. The number of benzene rings is 3. The summed E-state index contributed by atoms with van der Waals surface area (Å²) >= 11 is 0. The molecule has 0 spiro atoms. The Bertz CT molecular complexity index is 1190. The lowest BCUT2D eigenvalue weighted by molar-refractivity contribution is 0.109. The van der Waals surface area contributed by atoms with E-state index in [4.69, 9.17) is 0 Å². The second-order valence-electron chi connectivity index (χ2n) is 13.9. The predicted octanol–water partition coefficient (Wildman–Crippen LogP) is 5.98. The molecule has 0 fully saturated rings. The molecule has 0 atom stereocenters. The molecule has 35 heavy (non-hydrogen) atoms. The molecule has 0 aromatic heterocycles. The minimum atomic E-state index is -1.75. The smallest absolute Gasteiger partial charge is 0.141 e. The molecule has 3 aliphatic carbocycles. The van der Waals surface area contributed by atoms with Gasteiger partial charge >= 0.3 is 0 Å². The van der Waals surface area contributed by atoms with Crippen molar-refractivity contribution in [3.8, 4) is 0 Å². The minimum absolute atomic E-state index is 0.217. The maximum Gasteiger partial charge on any atom is 0.141 e. The van der Waals surface area contributed by atoms with Crippen molar-refractivity contribution in [1.29, 1.82) is 0 Å². The monoisotopic (exact) mass is 514 g/mol. The van der Waals surface area contributed by atoms with Gasteiger partial charge in [0.15, 0.2) is 0 Å². The lowest BCUT2D eigenvalue weighted by atomic mass is 9.50. The number of hydrogen-bond donors (Lipinski definition) is 1. The second-order valence-corrected chi connectivity index (χ2v) is 29.0. The zero-order chi connectivity index (χ0) is 25.8. The molecule has 0 aliphatic heterocycles. The van der Waals surface area contributed by atoms with Crippen molar-refractivity contribution in [3.05, 3.63) is 88.0 Å². The van der Waals surface area contributed by atoms with Gasteiger partial charge in [-0.15, -0.1) is 0 Å². The van der Waals surface area contributed by atoms with Gasteiger partial charge in [0, 0.05) is 5.41 Å². The zero-order valence-corrected chi connectivity index (χ0v) is 26.4. The van der Waals surface area contributed by atoms with Crippen molar-refractivity contribution < 1.29 is 5.11 Å². The number of hydrogen-bond acceptors (Lipinski definition) is 1. The van der Waals surface area contributed by atoms with Crippen LogP contribution in [0.4, 0.5) is 0 Å². The first-order valence-corrected chi connectivity index (χ1v) is 23.8. The fraction of sp³-hybridized carbons (Fsp3) is 0.419. The van der Waals surface area contributed by atoms with Crippen LogP contribution in [0.3, 0.4) is 0 Å². The molecule has 2 bridgehead atoms. The molecule has 3 aliphatic rings. The first-order valence-electron chi connectivity index (χ1n) is 13.3. The van der Waals surface area contributed by atoms with Gasteiger partial charge in [0.2, 0.25) is 0 Å². The fourth-order valence-corrected chi connectivity index (χ4v) is 12.1. The third-order valence-corrected chi connectivity index (χ3v) is 14.7. The van der Waals surface area contributed by atoms with Gasteiger partial charge in [-0.1, -0.05) is 136 Å². The molecule has 0 amide bonds. The summed E-state index contributed by atoms with van der Waals surface area (Å²) in [5.41, 5.74) is 6.44. The summed E-state index contributed by atoms with van der Waals surface area (Å²) in [6.07, 6.45) is 0.996. The Balaban J connectivity index is 2.11. The number of rotatable bonds is 4. The van der Waals surface area contributed by atoms with E-state index in [1.165, 1.54) is 48.9 Å². The highest BCUT2D eigenvalue weighted by atomic mass is 28.3. The standard InChI is InChI=1S/C31H42OSi3/c1-11-30-21-15-12-18-24(33(2,3)4)27(21)31(32,28-22(30)16-13-19-25(28)34(5,6)7)29-23(30)17-14-20-26(29)35(8,9)10/h12-20,32H,11H2,1-10H3. The fourth-order valence-electron chi connectivity index (χ4n) is 7.15. The molecule has 4 heteroatoms. The molecule has 0 radical (unpaired) electrons. The van der Waals surface area contributed by atoms with Crippen LogP contribution >= 0.6 is 0 Å². The molecule has 3 aromatic rings. The van der Waals surface area contributed by atoms with E-state index >= 15 is 0 Å². The van der Waals surface area contributed by atoms with Crippen molar-refractivity contribution in [2.24, 2.45) is 0 Å². The maximum absolute atomic E-state index is 13.6. The Labute approximate surface area is 215 Å². The molecule has 0 saturated heterocycles. The van der Waals surface area contributed by atoms with Crippen LogP contribution in [0.15, 0.2) is 54.6 Å². The summed E-state index contributed by atoms with van der Waals surface area (Å²) < 4.78 is 0. The SMILES string of the molecule is CCC12c3cccc([Si](C)(C)C)c3C(O)(c3c1cccc3[Si](C)(C)C)c1c2cccc1[Si](C)(C)C. The highest BCUT2D eigenvalue weighted by Gasteiger charge is 2.61. The Morgan fingerprint density at radius 2 is 0.829 bits per heavy atom. The summed E-state index contributed by atoms with van der Waals surface area (Å²) in [5, 5.41) is 17.8. The molecule has 0 unspecified atom stereocenters. The quantitative estimate of drug-likeness (QED) is 0.425. The Hall–Kier alpha value is -1.73. The van der Waals surface area contributed by atoms with Gasteiger partial charge in [0.1, 0.15) is 5.60 Å². The van der Waals surface area contributed by atoms with Crippen molar-refractivity contribution in [1.82, 2.24) is 0 Å². The molecule has 3 aromatic carbocycles. The highest BCUT2D eigenvalue weighted by Crippen LogP contribution is 2.61. The van der Waals surface area contributed by atoms with Crippen LogP contribution in [-0.4, -0.2) is 29.3 Å². The van der Waals surface area contributed by atoms with Gasteiger partial charge in [0.05, 0.1) is 24.2 Å². The van der Waals surface area contributed by atoms with Crippen LogP contribution in [0.25, 0.3) is 0 Å². The molecule has 1 N–H and O–H groups in total. The topological polar surface area (TPSA) is 20.2 Å². The normalized spacial score (nSPS) is 23.1. The third-order valence-electron chi connectivity index (χ3n) is 8.61. The lowest BCUT2D eigenvalue weighted by Gasteiger charge is -2.57. The van der Waals surface area contributed by atoms with Crippen LogP contribution < -0.4 is 15.6 Å². The Morgan fingerprint density at radius 1 is 0.543 bits per heavy atom. The van der Waals surface area contributed by atoms with Crippen molar-refractivity contribution >= 4 is 39.8 Å². The molecule has 6 rings (SSSR count). The van der Waals surface area contributed by atoms with E-state index < -0.39 is 29.8 Å². The predicted molar refractivity (Wildman–Crippen MR) is 161 cm³/mol. The third kappa shape index (κ3) is 3.13. The summed E-state index contributed by atoms with van der Waals surface area (Å²) in [7, 11) is -5.25. The Kier molecular flexibility index (Phi) is 5.28. The minimum Gasteiger partial charge on any atom is -0.376 e. The van der Waals surface area contributed by atoms with E-state index in [2.05, 4.69) is 120 Å². The van der Waals surface area contributed by atoms with Crippen LogP contribution in [-0.2, 0) is 11.0 Å². The van der Waals surface area contributed by atoms with Gasteiger partial charge in [-0.05, 0) is 39.8 Å². The second kappa shape index (κ2) is 7.41. The van der Waals surface area contributed by atoms with Crippen LogP contribution in [0.2, 0.25) is 58.9 Å². The molecular formula is C31H42OSi3. The van der Waals surface area contributed by atoms with Crippen molar-refractivity contribution in [2.75, 3.05) is 0 Å². The first kappa shape index (κ1) is 24.9. The van der Waals surface area contributed by atoms with Gasteiger partial charge in [-0.3, -0.25) is 0 Å². The summed E-state index contributed by atoms with van der Waals surface area (Å²) in [6.45, 7) is 24.3. The lowest BCUT2D eigenvalue weighted by Crippen LogP contribution is -2.62. The first-order chi connectivity index (χ1) is 16.1.